The molecule has 0 bridgehead atoms. The minimum absolute atomic E-state index is 0.243. The van der Waals surface area contributed by atoms with E-state index in [2.05, 4.69) is 10.6 Å². The first kappa shape index (κ1) is 21.7. The van der Waals surface area contributed by atoms with E-state index in [1.807, 2.05) is 6.92 Å². The van der Waals surface area contributed by atoms with Crippen LogP contribution in [0.4, 0.5) is 11.4 Å². The van der Waals surface area contributed by atoms with Crippen LogP contribution in [0.1, 0.15) is 30.6 Å². The van der Waals surface area contributed by atoms with E-state index in [1.54, 1.807) is 42.5 Å². The predicted molar refractivity (Wildman–Crippen MR) is 108 cm³/mol. The van der Waals surface area contributed by atoms with E-state index in [1.165, 1.54) is 14.0 Å². The topological polar surface area (TPSA) is 103 Å². The van der Waals surface area contributed by atoms with Crippen molar-refractivity contribution in [2.24, 2.45) is 0 Å². The van der Waals surface area contributed by atoms with Crippen LogP contribution in [0.2, 0.25) is 0 Å². The molecule has 29 heavy (non-hydrogen) atoms. The largest absolute Gasteiger partial charge is 0.495 e. The molecular formula is C21H24N2O6. The molecule has 0 fully saturated rings. The molecule has 0 aliphatic carbocycles. The Hall–Kier alpha value is -3.55. The van der Waals surface area contributed by atoms with Crippen molar-refractivity contribution in [1.29, 1.82) is 0 Å². The number of methoxy groups -OCH3 is 1. The second kappa shape index (κ2) is 10.7. The van der Waals surface area contributed by atoms with Crippen LogP contribution >= 0.6 is 0 Å². The third-order valence-corrected chi connectivity index (χ3v) is 3.69. The van der Waals surface area contributed by atoms with Gasteiger partial charge in [0.1, 0.15) is 11.5 Å². The van der Waals surface area contributed by atoms with Gasteiger partial charge in [-0.25, -0.2) is 4.79 Å². The van der Waals surface area contributed by atoms with Gasteiger partial charge in [0.2, 0.25) is 5.91 Å². The van der Waals surface area contributed by atoms with Crippen molar-refractivity contribution < 1.29 is 28.6 Å². The van der Waals surface area contributed by atoms with Crippen molar-refractivity contribution in [3.05, 3.63) is 48.0 Å². The number of esters is 1. The van der Waals surface area contributed by atoms with Crippen LogP contribution in [0.5, 0.6) is 11.5 Å². The van der Waals surface area contributed by atoms with Crippen molar-refractivity contribution in [2.45, 2.75) is 20.3 Å². The van der Waals surface area contributed by atoms with Gasteiger partial charge >= 0.3 is 5.97 Å². The highest BCUT2D eigenvalue weighted by Gasteiger charge is 2.13. The Bertz CT molecular complexity index is 864. The Morgan fingerprint density at radius 1 is 1.00 bits per heavy atom. The number of rotatable bonds is 9. The standard InChI is InChI=1S/C21H24N2O6/c1-4-11-28-17-8-5-15(6-9-17)21(26)29-13-20(25)23-18-12-16(22-14(2)24)7-10-19(18)27-3/h5-10,12H,4,11,13H2,1-3H3,(H,22,24)(H,23,25). The van der Waals surface area contributed by atoms with E-state index in [4.69, 9.17) is 14.2 Å². The SMILES string of the molecule is CCCOc1ccc(C(=O)OCC(=O)Nc2cc(NC(C)=O)ccc2OC)cc1. The van der Waals surface area contributed by atoms with Gasteiger partial charge < -0.3 is 24.8 Å². The summed E-state index contributed by atoms with van der Waals surface area (Å²) in [5.74, 6) is -0.345. The first-order valence-electron chi connectivity index (χ1n) is 9.08. The molecule has 0 saturated carbocycles. The summed E-state index contributed by atoms with van der Waals surface area (Å²) in [6, 6.07) is 11.3. The summed E-state index contributed by atoms with van der Waals surface area (Å²) in [5.41, 5.74) is 1.15. The molecule has 2 aromatic rings. The first-order chi connectivity index (χ1) is 13.9. The Kier molecular flexibility index (Phi) is 8.02. The Morgan fingerprint density at radius 2 is 1.72 bits per heavy atom. The molecule has 2 N–H and O–H groups in total. The summed E-state index contributed by atoms with van der Waals surface area (Å²) >= 11 is 0. The molecule has 8 heteroatoms. The molecule has 0 radical (unpaired) electrons. The molecule has 2 rings (SSSR count). The van der Waals surface area contributed by atoms with E-state index in [0.717, 1.165) is 6.42 Å². The smallest absolute Gasteiger partial charge is 0.338 e. The molecule has 2 aromatic carbocycles. The van der Waals surface area contributed by atoms with Gasteiger partial charge in [0.15, 0.2) is 6.61 Å². The first-order valence-corrected chi connectivity index (χ1v) is 9.08. The zero-order valence-electron chi connectivity index (χ0n) is 16.6. The normalized spacial score (nSPS) is 10.0. The Balaban J connectivity index is 1.93. The van der Waals surface area contributed by atoms with E-state index in [0.29, 0.717) is 35.0 Å². The zero-order chi connectivity index (χ0) is 21.2. The fraction of sp³-hybridized carbons (Fsp3) is 0.286. The maximum absolute atomic E-state index is 12.2. The summed E-state index contributed by atoms with van der Waals surface area (Å²) in [5, 5.41) is 5.22. The number of amides is 2. The highest BCUT2D eigenvalue weighted by Crippen LogP contribution is 2.27. The highest BCUT2D eigenvalue weighted by atomic mass is 16.5. The van der Waals surface area contributed by atoms with Crippen LogP contribution in [0.15, 0.2) is 42.5 Å². The number of carbonyl (C=O) groups excluding carboxylic acids is 3. The molecule has 0 spiro atoms. The molecule has 0 saturated heterocycles. The predicted octanol–water partition coefficient (Wildman–Crippen LogP) is 3.24. The van der Waals surface area contributed by atoms with E-state index < -0.39 is 18.5 Å². The number of hydrogen-bond donors (Lipinski definition) is 2. The molecular weight excluding hydrogens is 376 g/mol. The van der Waals surface area contributed by atoms with Crippen molar-refractivity contribution in [2.75, 3.05) is 31.0 Å². The summed E-state index contributed by atoms with van der Waals surface area (Å²) in [4.78, 5) is 35.5. The Morgan fingerprint density at radius 3 is 2.34 bits per heavy atom. The van der Waals surface area contributed by atoms with Gasteiger partial charge in [-0.15, -0.1) is 0 Å². The third kappa shape index (κ3) is 6.84. The highest BCUT2D eigenvalue weighted by molar-refractivity contribution is 5.97. The van der Waals surface area contributed by atoms with Crippen LogP contribution in [0.25, 0.3) is 0 Å². The van der Waals surface area contributed by atoms with Crippen LogP contribution in [-0.4, -0.2) is 38.1 Å². The summed E-state index contributed by atoms with van der Waals surface area (Å²) in [6.07, 6.45) is 0.886. The minimum atomic E-state index is -0.624. The van der Waals surface area contributed by atoms with Gasteiger partial charge in [0, 0.05) is 12.6 Å². The minimum Gasteiger partial charge on any atom is -0.495 e. The zero-order valence-corrected chi connectivity index (χ0v) is 16.6. The number of benzene rings is 2. The van der Waals surface area contributed by atoms with Crippen molar-refractivity contribution in [3.8, 4) is 11.5 Å². The molecule has 8 nitrogen and oxygen atoms in total. The van der Waals surface area contributed by atoms with Gasteiger partial charge in [0.05, 0.1) is 25.0 Å². The molecule has 0 aliphatic heterocycles. The van der Waals surface area contributed by atoms with Crippen molar-refractivity contribution >= 4 is 29.2 Å². The number of nitrogens with one attached hydrogen (secondary N) is 2. The maximum atomic E-state index is 12.2. The lowest BCUT2D eigenvalue weighted by atomic mass is 10.2. The van der Waals surface area contributed by atoms with Crippen molar-refractivity contribution in [3.63, 3.8) is 0 Å². The molecule has 0 aliphatic rings. The Labute approximate surface area is 169 Å². The van der Waals surface area contributed by atoms with Crippen LogP contribution in [-0.2, 0) is 14.3 Å². The average molecular weight is 400 g/mol. The number of hydrogen-bond acceptors (Lipinski definition) is 6. The van der Waals surface area contributed by atoms with Gasteiger partial charge in [-0.2, -0.15) is 0 Å². The van der Waals surface area contributed by atoms with Gasteiger partial charge in [-0.05, 0) is 48.9 Å². The van der Waals surface area contributed by atoms with Gasteiger partial charge in [-0.1, -0.05) is 6.92 Å². The number of anilines is 2. The van der Waals surface area contributed by atoms with Gasteiger partial charge in [-0.3, -0.25) is 9.59 Å². The lowest BCUT2D eigenvalue weighted by molar-refractivity contribution is -0.119. The molecule has 0 atom stereocenters. The molecule has 0 heterocycles. The van der Waals surface area contributed by atoms with Crippen LogP contribution in [0, 0.1) is 0 Å². The fourth-order valence-corrected chi connectivity index (χ4v) is 2.39. The summed E-state index contributed by atoms with van der Waals surface area (Å²) < 4.78 is 15.7. The van der Waals surface area contributed by atoms with Crippen LogP contribution < -0.4 is 20.1 Å². The summed E-state index contributed by atoms with van der Waals surface area (Å²) in [6.45, 7) is 3.50. The molecule has 0 aromatic heterocycles. The number of ether oxygens (including phenoxy) is 3. The summed E-state index contributed by atoms with van der Waals surface area (Å²) in [7, 11) is 1.46. The third-order valence-electron chi connectivity index (χ3n) is 3.69. The van der Waals surface area contributed by atoms with E-state index in [-0.39, 0.29) is 5.91 Å². The molecule has 154 valence electrons. The van der Waals surface area contributed by atoms with E-state index >= 15 is 0 Å². The number of carbonyl (C=O) groups is 3. The second-order valence-electron chi connectivity index (χ2n) is 6.09. The average Bonchev–Trinajstić information content (AvgIpc) is 2.70. The lowest BCUT2D eigenvalue weighted by Crippen LogP contribution is -2.21. The fourth-order valence-electron chi connectivity index (χ4n) is 2.39. The van der Waals surface area contributed by atoms with Gasteiger partial charge in [0.25, 0.3) is 5.91 Å². The van der Waals surface area contributed by atoms with E-state index in [9.17, 15) is 14.4 Å². The monoisotopic (exact) mass is 400 g/mol. The molecule has 2 amide bonds. The van der Waals surface area contributed by atoms with Crippen molar-refractivity contribution in [1.82, 2.24) is 0 Å². The quantitative estimate of drug-likeness (QED) is 0.627. The lowest BCUT2D eigenvalue weighted by Gasteiger charge is -2.12. The van der Waals surface area contributed by atoms with Crippen LogP contribution in [0.3, 0.4) is 0 Å². The maximum Gasteiger partial charge on any atom is 0.338 e. The molecule has 0 unspecified atom stereocenters. The second-order valence-corrected chi connectivity index (χ2v) is 6.09.